The average molecular weight is 402 g/mol. The fraction of sp³-hybridized carbons (Fsp3) is 0.476. The molecule has 3 rings (SSSR count). The topological polar surface area (TPSA) is 107 Å². The number of amides is 1. The van der Waals surface area contributed by atoms with Crippen LogP contribution in [0.25, 0.3) is 0 Å². The van der Waals surface area contributed by atoms with Gasteiger partial charge in [0.15, 0.2) is 23.2 Å². The summed E-state index contributed by atoms with van der Waals surface area (Å²) in [6, 6.07) is 0.447. The predicted octanol–water partition coefficient (Wildman–Crippen LogP) is 2.14. The number of aromatic nitrogens is 1. The second kappa shape index (κ2) is 10.1. The summed E-state index contributed by atoms with van der Waals surface area (Å²) in [5.74, 6) is -1.32. The van der Waals surface area contributed by atoms with Gasteiger partial charge in [-0.15, -0.1) is 0 Å². The van der Waals surface area contributed by atoms with Crippen molar-refractivity contribution in [1.82, 2.24) is 10.3 Å². The molecule has 1 aliphatic heterocycles. The maximum atomic E-state index is 12.5. The normalized spacial score (nSPS) is 22.5. The highest BCUT2D eigenvalue weighted by atomic mass is 16.5. The van der Waals surface area contributed by atoms with Crippen LogP contribution in [0.2, 0.25) is 0 Å². The number of nitrogens with zero attached hydrogens (tertiary/aromatic N) is 1. The van der Waals surface area contributed by atoms with Crippen LogP contribution in [0.15, 0.2) is 36.1 Å². The van der Waals surface area contributed by atoms with Crippen molar-refractivity contribution in [1.29, 1.82) is 0 Å². The Bertz CT molecular complexity index is 804. The number of pyridine rings is 1. The SMILES string of the molecule is COc1ccnc(C(=O)N[C@H]2COCC(CC3=CCCC=C3)CCOC2=O)c1O. The number of ether oxygens (including phenoxy) is 3. The van der Waals surface area contributed by atoms with Crippen LogP contribution in [0, 0.1) is 5.92 Å². The molecule has 0 bridgehead atoms. The number of aromatic hydroxyl groups is 1. The number of hydrogen-bond acceptors (Lipinski definition) is 7. The first-order valence-electron chi connectivity index (χ1n) is 9.71. The van der Waals surface area contributed by atoms with Gasteiger partial charge in [0.1, 0.15) is 0 Å². The molecule has 1 amide bonds. The summed E-state index contributed by atoms with van der Waals surface area (Å²) in [5, 5.41) is 12.6. The molecule has 2 atom stereocenters. The van der Waals surface area contributed by atoms with E-state index in [1.807, 2.05) is 0 Å². The zero-order chi connectivity index (χ0) is 20.6. The molecule has 1 aliphatic carbocycles. The first-order chi connectivity index (χ1) is 14.1. The fourth-order valence-corrected chi connectivity index (χ4v) is 3.34. The molecule has 0 aromatic carbocycles. The fourth-order valence-electron chi connectivity index (χ4n) is 3.34. The molecule has 8 nitrogen and oxygen atoms in total. The van der Waals surface area contributed by atoms with Gasteiger partial charge >= 0.3 is 5.97 Å². The largest absolute Gasteiger partial charge is 0.503 e. The van der Waals surface area contributed by atoms with Crippen LogP contribution >= 0.6 is 0 Å². The minimum absolute atomic E-state index is 0.0132. The molecular formula is C21H26N2O6. The molecule has 1 aromatic heterocycles. The molecule has 1 fully saturated rings. The number of nitrogens with one attached hydrogen (secondary N) is 1. The third-order valence-corrected chi connectivity index (χ3v) is 4.92. The van der Waals surface area contributed by atoms with Gasteiger partial charge in [-0.1, -0.05) is 23.8 Å². The summed E-state index contributed by atoms with van der Waals surface area (Å²) >= 11 is 0. The summed E-state index contributed by atoms with van der Waals surface area (Å²) in [7, 11) is 1.37. The zero-order valence-corrected chi connectivity index (χ0v) is 16.4. The maximum Gasteiger partial charge on any atom is 0.331 e. The molecule has 0 saturated carbocycles. The van der Waals surface area contributed by atoms with Crippen molar-refractivity contribution in [2.24, 2.45) is 5.92 Å². The van der Waals surface area contributed by atoms with Gasteiger partial charge in [0, 0.05) is 18.9 Å². The third-order valence-electron chi connectivity index (χ3n) is 4.92. The van der Waals surface area contributed by atoms with Gasteiger partial charge in [0.2, 0.25) is 0 Å². The Morgan fingerprint density at radius 3 is 3.00 bits per heavy atom. The summed E-state index contributed by atoms with van der Waals surface area (Å²) < 4.78 is 16.0. The van der Waals surface area contributed by atoms with Crippen molar-refractivity contribution >= 4 is 11.9 Å². The van der Waals surface area contributed by atoms with Crippen LogP contribution in [-0.4, -0.2) is 54.9 Å². The van der Waals surface area contributed by atoms with Crippen LogP contribution in [0.1, 0.15) is 36.2 Å². The van der Waals surface area contributed by atoms with Gasteiger partial charge < -0.3 is 24.6 Å². The Labute approximate surface area is 169 Å². The highest BCUT2D eigenvalue weighted by Gasteiger charge is 2.28. The molecule has 156 valence electrons. The predicted molar refractivity (Wildman–Crippen MR) is 105 cm³/mol. The van der Waals surface area contributed by atoms with Crippen molar-refractivity contribution in [2.45, 2.75) is 31.7 Å². The van der Waals surface area contributed by atoms with Crippen molar-refractivity contribution in [3.05, 3.63) is 41.8 Å². The van der Waals surface area contributed by atoms with E-state index in [1.165, 1.54) is 24.9 Å². The lowest BCUT2D eigenvalue weighted by atomic mass is 9.94. The number of cyclic esters (lactones) is 1. The Morgan fingerprint density at radius 2 is 2.24 bits per heavy atom. The molecule has 29 heavy (non-hydrogen) atoms. The van der Waals surface area contributed by atoms with E-state index in [4.69, 9.17) is 14.2 Å². The third kappa shape index (κ3) is 5.57. The first-order valence-corrected chi connectivity index (χ1v) is 9.71. The Balaban J connectivity index is 1.60. The van der Waals surface area contributed by atoms with Gasteiger partial charge in [0.05, 0.1) is 20.3 Å². The molecule has 8 heteroatoms. The summed E-state index contributed by atoms with van der Waals surface area (Å²) in [6.07, 6.45) is 11.6. The van der Waals surface area contributed by atoms with Gasteiger partial charge in [-0.05, 0) is 31.6 Å². The maximum absolute atomic E-state index is 12.5. The van der Waals surface area contributed by atoms with Gasteiger partial charge in [-0.3, -0.25) is 4.79 Å². The molecule has 1 saturated heterocycles. The second-order valence-corrected chi connectivity index (χ2v) is 7.06. The number of carbonyl (C=O) groups is 2. The van der Waals surface area contributed by atoms with Gasteiger partial charge in [-0.25, -0.2) is 9.78 Å². The van der Waals surface area contributed by atoms with Gasteiger partial charge in [-0.2, -0.15) is 0 Å². The number of esters is 1. The number of hydrogen-bond donors (Lipinski definition) is 2. The number of methoxy groups -OCH3 is 1. The number of rotatable bonds is 5. The van der Waals surface area contributed by atoms with E-state index in [1.54, 1.807) is 0 Å². The van der Waals surface area contributed by atoms with Crippen LogP contribution in [-0.2, 0) is 14.3 Å². The monoisotopic (exact) mass is 402 g/mol. The van der Waals surface area contributed by atoms with Crippen LogP contribution in [0.3, 0.4) is 0 Å². The van der Waals surface area contributed by atoms with Crippen molar-refractivity contribution in [3.8, 4) is 11.5 Å². The van der Waals surface area contributed by atoms with E-state index in [0.29, 0.717) is 13.0 Å². The Kier molecular flexibility index (Phi) is 7.24. The first kappa shape index (κ1) is 20.9. The van der Waals surface area contributed by atoms with E-state index in [-0.39, 0.29) is 30.6 Å². The van der Waals surface area contributed by atoms with E-state index in [9.17, 15) is 14.7 Å². The van der Waals surface area contributed by atoms with Crippen LogP contribution < -0.4 is 10.1 Å². The highest BCUT2D eigenvalue weighted by Crippen LogP contribution is 2.27. The second-order valence-electron chi connectivity index (χ2n) is 7.06. The molecule has 0 spiro atoms. The van der Waals surface area contributed by atoms with Gasteiger partial charge in [0.25, 0.3) is 5.91 Å². The molecule has 2 heterocycles. The minimum Gasteiger partial charge on any atom is -0.503 e. The summed E-state index contributed by atoms with van der Waals surface area (Å²) in [4.78, 5) is 28.7. The quantitative estimate of drug-likeness (QED) is 0.727. The minimum atomic E-state index is -0.984. The average Bonchev–Trinajstić information content (AvgIpc) is 2.80. The molecule has 1 unspecified atom stereocenters. The lowest BCUT2D eigenvalue weighted by molar-refractivity contribution is -0.146. The smallest absolute Gasteiger partial charge is 0.331 e. The lowest BCUT2D eigenvalue weighted by Crippen LogP contribution is -2.45. The van der Waals surface area contributed by atoms with E-state index >= 15 is 0 Å². The van der Waals surface area contributed by atoms with Crippen LogP contribution in [0.4, 0.5) is 0 Å². The highest BCUT2D eigenvalue weighted by molar-refractivity contribution is 5.97. The van der Waals surface area contributed by atoms with E-state index in [0.717, 1.165) is 19.3 Å². The molecule has 1 aromatic rings. The summed E-state index contributed by atoms with van der Waals surface area (Å²) in [5.41, 5.74) is 1.05. The zero-order valence-electron chi connectivity index (χ0n) is 16.4. The van der Waals surface area contributed by atoms with Crippen molar-refractivity contribution < 1.29 is 28.9 Å². The number of carbonyl (C=O) groups excluding carboxylic acids is 2. The molecule has 0 radical (unpaired) electrons. The number of allylic oxidation sites excluding steroid dienone is 4. The lowest BCUT2D eigenvalue weighted by Gasteiger charge is -2.18. The van der Waals surface area contributed by atoms with Crippen molar-refractivity contribution in [2.75, 3.05) is 26.9 Å². The van der Waals surface area contributed by atoms with E-state index in [2.05, 4.69) is 28.5 Å². The molecule has 2 aliphatic rings. The Morgan fingerprint density at radius 1 is 1.38 bits per heavy atom. The molecule has 2 N–H and O–H groups in total. The Hall–Kier alpha value is -2.87. The van der Waals surface area contributed by atoms with E-state index < -0.39 is 23.7 Å². The standard InChI is InChI=1S/C21H26N2O6/c1-27-17-7-9-22-18(19(17)24)20(25)23-16-13-28-12-15(8-10-29-21(16)26)11-14-5-3-2-4-6-14/h3,5-7,9,15-16,24H,2,4,8,10-13H2,1H3,(H,23,25)/t15?,16-/m0/s1. The van der Waals surface area contributed by atoms with Crippen LogP contribution in [0.5, 0.6) is 11.5 Å². The molecular weight excluding hydrogens is 376 g/mol. The summed E-state index contributed by atoms with van der Waals surface area (Å²) in [6.45, 7) is 0.719. The van der Waals surface area contributed by atoms with Crippen molar-refractivity contribution in [3.63, 3.8) is 0 Å².